The molecule has 0 aliphatic carbocycles. The van der Waals surface area contributed by atoms with Crippen molar-refractivity contribution in [3.05, 3.63) is 72.3 Å². The highest BCUT2D eigenvalue weighted by Crippen LogP contribution is 2.21. The average molecular weight is 264 g/mol. The first-order valence-electron chi connectivity index (χ1n) is 6.56. The molecule has 0 heterocycles. The molecule has 100 valence electrons. The molecule has 3 N–H and O–H groups in total. The number of nitrogens with two attached hydrogens (primary N) is 1. The zero-order chi connectivity index (χ0) is 13.8. The summed E-state index contributed by atoms with van der Waals surface area (Å²) in [4.78, 5) is 5.61. The van der Waals surface area contributed by atoms with Gasteiger partial charge in [-0.2, -0.15) is 0 Å². The molecule has 0 aliphatic rings. The Balaban J connectivity index is 1.76. The SMILES string of the molecule is NCc1cccc(NOc2ccc3ccccc3c2)c1. The van der Waals surface area contributed by atoms with Gasteiger partial charge in [0, 0.05) is 6.54 Å². The lowest BCUT2D eigenvalue weighted by Gasteiger charge is -2.10. The molecule has 3 rings (SSSR count). The van der Waals surface area contributed by atoms with E-state index in [1.807, 2.05) is 54.6 Å². The number of rotatable bonds is 4. The van der Waals surface area contributed by atoms with Crippen LogP contribution in [0.3, 0.4) is 0 Å². The van der Waals surface area contributed by atoms with E-state index < -0.39 is 0 Å². The Hall–Kier alpha value is -2.52. The van der Waals surface area contributed by atoms with E-state index >= 15 is 0 Å². The summed E-state index contributed by atoms with van der Waals surface area (Å²) in [5.41, 5.74) is 10.5. The van der Waals surface area contributed by atoms with Crippen LogP contribution in [0.25, 0.3) is 10.8 Å². The molecule has 3 heteroatoms. The summed E-state index contributed by atoms with van der Waals surface area (Å²) in [6, 6.07) is 22.1. The summed E-state index contributed by atoms with van der Waals surface area (Å²) in [5.74, 6) is 0.779. The smallest absolute Gasteiger partial charge is 0.155 e. The second-order valence-electron chi connectivity index (χ2n) is 4.62. The molecule has 0 saturated carbocycles. The molecule has 3 nitrogen and oxygen atoms in total. The fourth-order valence-corrected chi connectivity index (χ4v) is 2.11. The van der Waals surface area contributed by atoms with Gasteiger partial charge in [-0.1, -0.05) is 42.5 Å². The normalized spacial score (nSPS) is 10.4. The molecule has 0 unspecified atom stereocenters. The topological polar surface area (TPSA) is 47.3 Å². The molecule has 0 fully saturated rings. The molecule has 0 aliphatic heterocycles. The van der Waals surface area contributed by atoms with Crippen LogP contribution in [0.2, 0.25) is 0 Å². The van der Waals surface area contributed by atoms with Crippen LogP contribution in [0.15, 0.2) is 66.7 Å². The van der Waals surface area contributed by atoms with Gasteiger partial charge < -0.3 is 10.6 Å². The van der Waals surface area contributed by atoms with Gasteiger partial charge in [0.1, 0.15) is 0 Å². The highest BCUT2D eigenvalue weighted by molar-refractivity contribution is 5.83. The Morgan fingerprint density at radius 1 is 0.850 bits per heavy atom. The molecular formula is C17H16N2O. The largest absolute Gasteiger partial charge is 0.382 e. The van der Waals surface area contributed by atoms with Crippen molar-refractivity contribution in [2.45, 2.75) is 6.54 Å². The first kappa shape index (κ1) is 12.5. The fraction of sp³-hybridized carbons (Fsp3) is 0.0588. The molecule has 0 spiro atoms. The van der Waals surface area contributed by atoms with E-state index in [0.29, 0.717) is 6.54 Å². The Kier molecular flexibility index (Phi) is 3.52. The number of hydrogen-bond acceptors (Lipinski definition) is 3. The second kappa shape index (κ2) is 5.63. The van der Waals surface area contributed by atoms with Gasteiger partial charge in [0.25, 0.3) is 0 Å². The third kappa shape index (κ3) is 2.73. The summed E-state index contributed by atoms with van der Waals surface area (Å²) >= 11 is 0. The maximum Gasteiger partial charge on any atom is 0.155 e. The van der Waals surface area contributed by atoms with Crippen molar-refractivity contribution in [3.63, 3.8) is 0 Å². The van der Waals surface area contributed by atoms with Gasteiger partial charge >= 0.3 is 0 Å². The number of hydrogen-bond donors (Lipinski definition) is 2. The molecule has 3 aromatic rings. The van der Waals surface area contributed by atoms with Crippen molar-refractivity contribution >= 4 is 16.5 Å². The number of benzene rings is 3. The van der Waals surface area contributed by atoms with Crippen molar-refractivity contribution in [2.75, 3.05) is 5.48 Å². The molecule has 0 atom stereocenters. The van der Waals surface area contributed by atoms with E-state index in [2.05, 4.69) is 17.6 Å². The van der Waals surface area contributed by atoms with Gasteiger partial charge in [0.15, 0.2) is 5.75 Å². The maximum absolute atomic E-state index is 5.62. The zero-order valence-corrected chi connectivity index (χ0v) is 11.0. The zero-order valence-electron chi connectivity index (χ0n) is 11.0. The predicted octanol–water partition coefficient (Wildman–Crippen LogP) is 3.70. The minimum absolute atomic E-state index is 0.519. The van der Waals surface area contributed by atoms with E-state index in [1.165, 1.54) is 5.39 Å². The molecule has 0 bridgehead atoms. The van der Waals surface area contributed by atoms with Crippen LogP contribution in [-0.4, -0.2) is 0 Å². The summed E-state index contributed by atoms with van der Waals surface area (Å²) in [6.45, 7) is 0.519. The Morgan fingerprint density at radius 2 is 1.70 bits per heavy atom. The first-order chi connectivity index (χ1) is 9.85. The van der Waals surface area contributed by atoms with Crippen molar-refractivity contribution in [1.82, 2.24) is 0 Å². The molecular weight excluding hydrogens is 248 g/mol. The van der Waals surface area contributed by atoms with E-state index in [0.717, 1.165) is 22.4 Å². The molecule has 0 aromatic heterocycles. The molecule has 0 saturated heterocycles. The van der Waals surface area contributed by atoms with Crippen LogP contribution in [0.4, 0.5) is 5.69 Å². The van der Waals surface area contributed by atoms with Gasteiger partial charge in [-0.15, -0.1) is 0 Å². The minimum Gasteiger partial charge on any atom is -0.382 e. The van der Waals surface area contributed by atoms with Gasteiger partial charge in [0.05, 0.1) is 5.69 Å². The number of anilines is 1. The van der Waals surface area contributed by atoms with Gasteiger partial charge in [-0.05, 0) is 40.6 Å². The van der Waals surface area contributed by atoms with Crippen molar-refractivity contribution in [2.24, 2.45) is 5.73 Å². The monoisotopic (exact) mass is 264 g/mol. The lowest BCUT2D eigenvalue weighted by atomic mass is 10.1. The summed E-state index contributed by atoms with van der Waals surface area (Å²) in [5, 5.41) is 2.35. The quantitative estimate of drug-likeness (QED) is 0.706. The van der Waals surface area contributed by atoms with Gasteiger partial charge in [0.2, 0.25) is 0 Å². The highest BCUT2D eigenvalue weighted by Gasteiger charge is 1.98. The van der Waals surface area contributed by atoms with E-state index in [1.54, 1.807) is 0 Å². The van der Waals surface area contributed by atoms with Crippen LogP contribution in [0.1, 0.15) is 5.56 Å². The standard InChI is InChI=1S/C17H16N2O/c18-12-13-4-3-7-16(10-13)19-20-17-9-8-14-5-1-2-6-15(14)11-17/h1-11,19H,12,18H2. The van der Waals surface area contributed by atoms with Crippen LogP contribution < -0.4 is 16.1 Å². The average Bonchev–Trinajstić information content (AvgIpc) is 2.53. The lowest BCUT2D eigenvalue weighted by Crippen LogP contribution is -2.05. The first-order valence-corrected chi connectivity index (χ1v) is 6.56. The third-order valence-corrected chi connectivity index (χ3v) is 3.17. The maximum atomic E-state index is 5.62. The minimum atomic E-state index is 0.519. The Labute approximate surface area is 117 Å². The summed E-state index contributed by atoms with van der Waals surface area (Å²) < 4.78 is 0. The van der Waals surface area contributed by atoms with Crippen LogP contribution in [0, 0.1) is 0 Å². The number of fused-ring (bicyclic) bond motifs is 1. The molecule has 20 heavy (non-hydrogen) atoms. The van der Waals surface area contributed by atoms with Crippen molar-refractivity contribution in [3.8, 4) is 5.75 Å². The third-order valence-electron chi connectivity index (χ3n) is 3.17. The van der Waals surface area contributed by atoms with E-state index in [-0.39, 0.29) is 0 Å². The highest BCUT2D eigenvalue weighted by atomic mass is 16.6. The lowest BCUT2D eigenvalue weighted by molar-refractivity contribution is 0.405. The molecule has 0 amide bonds. The van der Waals surface area contributed by atoms with Crippen LogP contribution >= 0.6 is 0 Å². The summed E-state index contributed by atoms with van der Waals surface area (Å²) in [6.07, 6.45) is 0. The summed E-state index contributed by atoms with van der Waals surface area (Å²) in [7, 11) is 0. The fourth-order valence-electron chi connectivity index (χ4n) is 2.11. The Morgan fingerprint density at radius 3 is 2.55 bits per heavy atom. The van der Waals surface area contributed by atoms with Gasteiger partial charge in [-0.25, -0.2) is 5.48 Å². The molecule has 0 radical (unpaired) electrons. The number of nitrogens with one attached hydrogen (secondary N) is 1. The van der Waals surface area contributed by atoms with Crippen molar-refractivity contribution in [1.29, 1.82) is 0 Å². The Bertz CT molecular complexity index is 725. The molecule has 3 aromatic carbocycles. The van der Waals surface area contributed by atoms with Crippen LogP contribution in [-0.2, 0) is 6.54 Å². The van der Waals surface area contributed by atoms with Gasteiger partial charge in [-0.3, -0.25) is 0 Å². The van der Waals surface area contributed by atoms with E-state index in [9.17, 15) is 0 Å². The van der Waals surface area contributed by atoms with E-state index in [4.69, 9.17) is 10.6 Å². The van der Waals surface area contributed by atoms with Crippen LogP contribution in [0.5, 0.6) is 5.75 Å². The predicted molar refractivity (Wildman–Crippen MR) is 82.5 cm³/mol. The van der Waals surface area contributed by atoms with Crippen molar-refractivity contribution < 1.29 is 4.84 Å². The second-order valence-corrected chi connectivity index (χ2v) is 4.62.